The van der Waals surface area contributed by atoms with E-state index in [9.17, 15) is 14.3 Å². The van der Waals surface area contributed by atoms with Gasteiger partial charge in [0.05, 0.1) is 12.7 Å². The maximum absolute atomic E-state index is 13.8. The lowest BCUT2D eigenvalue weighted by Gasteiger charge is -2.34. The third-order valence-electron chi connectivity index (χ3n) is 5.07. The van der Waals surface area contributed by atoms with Crippen LogP contribution in [0, 0.1) is 5.82 Å². The van der Waals surface area contributed by atoms with Crippen molar-refractivity contribution in [3.05, 3.63) is 59.4 Å². The molecule has 3 rings (SSSR count). The molecule has 1 heterocycles. The Hall–Kier alpha value is -2.60. The summed E-state index contributed by atoms with van der Waals surface area (Å²) in [5.74, 6) is 0.180. The Labute approximate surface area is 158 Å². The number of likely N-dealkylation sites (tertiary alicyclic amines) is 1. The van der Waals surface area contributed by atoms with Gasteiger partial charge < -0.3 is 20.1 Å². The van der Waals surface area contributed by atoms with E-state index in [-0.39, 0.29) is 29.3 Å². The zero-order valence-corrected chi connectivity index (χ0v) is 15.6. The highest BCUT2D eigenvalue weighted by atomic mass is 19.1. The van der Waals surface area contributed by atoms with Crippen LogP contribution >= 0.6 is 0 Å². The van der Waals surface area contributed by atoms with Gasteiger partial charge in [-0.25, -0.2) is 4.39 Å². The molecule has 5 nitrogen and oxygen atoms in total. The van der Waals surface area contributed by atoms with Crippen molar-refractivity contribution in [2.75, 3.05) is 20.2 Å². The van der Waals surface area contributed by atoms with Crippen molar-refractivity contribution in [3.8, 4) is 11.5 Å². The average molecular weight is 372 g/mol. The van der Waals surface area contributed by atoms with Gasteiger partial charge in [-0.1, -0.05) is 12.1 Å². The molecule has 1 saturated heterocycles. The molecular formula is C21H25FN2O3. The van der Waals surface area contributed by atoms with Crippen LogP contribution in [0.5, 0.6) is 11.5 Å². The molecule has 2 N–H and O–H groups in total. The van der Waals surface area contributed by atoms with E-state index < -0.39 is 5.82 Å². The van der Waals surface area contributed by atoms with Crippen LogP contribution in [0.4, 0.5) is 4.39 Å². The summed E-state index contributed by atoms with van der Waals surface area (Å²) in [6.45, 7) is 3.13. The zero-order valence-electron chi connectivity index (χ0n) is 15.6. The normalized spacial score (nSPS) is 16.2. The summed E-state index contributed by atoms with van der Waals surface area (Å²) in [4.78, 5) is 14.2. The van der Waals surface area contributed by atoms with E-state index in [0.29, 0.717) is 18.8 Å². The number of aromatic hydroxyl groups is 1. The minimum absolute atomic E-state index is 0.0566. The van der Waals surface area contributed by atoms with Crippen molar-refractivity contribution in [1.29, 1.82) is 0 Å². The Balaban J connectivity index is 1.58. The number of methoxy groups -OCH3 is 1. The molecule has 2 aromatic rings. The Morgan fingerprint density at radius 3 is 2.63 bits per heavy atom. The fourth-order valence-corrected chi connectivity index (χ4v) is 3.50. The summed E-state index contributed by atoms with van der Waals surface area (Å²) >= 11 is 0. The number of benzene rings is 2. The Morgan fingerprint density at radius 2 is 1.96 bits per heavy atom. The lowest BCUT2D eigenvalue weighted by molar-refractivity contribution is 0.0697. The van der Waals surface area contributed by atoms with Crippen LogP contribution in [-0.4, -0.2) is 42.2 Å². The molecule has 1 amide bonds. The van der Waals surface area contributed by atoms with Gasteiger partial charge in [0, 0.05) is 30.7 Å². The van der Waals surface area contributed by atoms with Crippen LogP contribution in [0.25, 0.3) is 0 Å². The molecule has 6 heteroatoms. The third kappa shape index (κ3) is 4.39. The molecule has 2 aromatic carbocycles. The largest absolute Gasteiger partial charge is 0.508 e. The van der Waals surface area contributed by atoms with Gasteiger partial charge in [-0.05, 0) is 50.1 Å². The number of hydrogen-bond donors (Lipinski definition) is 2. The third-order valence-corrected chi connectivity index (χ3v) is 5.07. The van der Waals surface area contributed by atoms with Gasteiger partial charge in [0.2, 0.25) is 0 Å². The Bertz CT molecular complexity index is 804. The van der Waals surface area contributed by atoms with Crippen molar-refractivity contribution < 1.29 is 19.0 Å². The van der Waals surface area contributed by atoms with Crippen LogP contribution in [0.2, 0.25) is 0 Å². The molecular weight excluding hydrogens is 347 g/mol. The highest BCUT2D eigenvalue weighted by Crippen LogP contribution is 2.29. The van der Waals surface area contributed by atoms with Crippen molar-refractivity contribution >= 4 is 5.91 Å². The van der Waals surface area contributed by atoms with Crippen LogP contribution < -0.4 is 10.1 Å². The number of rotatable bonds is 5. The first-order chi connectivity index (χ1) is 13.0. The van der Waals surface area contributed by atoms with Crippen molar-refractivity contribution in [2.24, 2.45) is 0 Å². The number of phenols is 1. The van der Waals surface area contributed by atoms with E-state index in [1.807, 2.05) is 13.0 Å². The summed E-state index contributed by atoms with van der Waals surface area (Å²) in [7, 11) is 1.59. The molecule has 144 valence electrons. The average Bonchev–Trinajstić information content (AvgIpc) is 2.68. The fraction of sp³-hybridized carbons (Fsp3) is 0.381. The van der Waals surface area contributed by atoms with E-state index in [4.69, 9.17) is 4.74 Å². The number of ether oxygens (including phenoxy) is 1. The molecule has 1 aliphatic rings. The van der Waals surface area contributed by atoms with Crippen LogP contribution in [0.1, 0.15) is 41.7 Å². The zero-order chi connectivity index (χ0) is 19.4. The van der Waals surface area contributed by atoms with E-state index in [1.165, 1.54) is 12.1 Å². The maximum atomic E-state index is 13.8. The van der Waals surface area contributed by atoms with Gasteiger partial charge in [-0.3, -0.25) is 4.79 Å². The number of carbonyl (C=O) groups excluding carboxylic acids is 1. The Kier molecular flexibility index (Phi) is 5.96. The van der Waals surface area contributed by atoms with E-state index in [0.717, 1.165) is 18.4 Å². The van der Waals surface area contributed by atoms with Crippen molar-refractivity contribution in [1.82, 2.24) is 10.2 Å². The van der Waals surface area contributed by atoms with Crippen LogP contribution in [0.15, 0.2) is 42.5 Å². The molecule has 27 heavy (non-hydrogen) atoms. The number of carbonyl (C=O) groups is 1. The first-order valence-electron chi connectivity index (χ1n) is 9.16. The summed E-state index contributed by atoms with van der Waals surface area (Å²) in [6.07, 6.45) is 1.55. The number of amides is 1. The molecule has 0 saturated carbocycles. The standard InChI is InChI=1S/C21H25FN2O3/c1-14(18-13-16(27-2)7-8-20(18)25)23-15-9-11-24(12-10-15)21(26)17-5-3-4-6-19(17)22/h3-8,13-15,23,25H,9-12H2,1-2H3. The first kappa shape index (κ1) is 19.2. The molecule has 0 bridgehead atoms. The van der Waals surface area contributed by atoms with Crippen molar-refractivity contribution in [2.45, 2.75) is 31.8 Å². The second-order valence-corrected chi connectivity index (χ2v) is 6.86. The lowest BCUT2D eigenvalue weighted by Crippen LogP contribution is -2.45. The van der Waals surface area contributed by atoms with Gasteiger partial charge in [0.25, 0.3) is 5.91 Å². The van der Waals surface area contributed by atoms with E-state index in [1.54, 1.807) is 36.3 Å². The molecule has 0 spiro atoms. The minimum atomic E-state index is -0.482. The van der Waals surface area contributed by atoms with Gasteiger partial charge in [-0.2, -0.15) is 0 Å². The second kappa shape index (κ2) is 8.39. The van der Waals surface area contributed by atoms with E-state index >= 15 is 0 Å². The molecule has 1 fully saturated rings. The Morgan fingerprint density at radius 1 is 1.26 bits per heavy atom. The van der Waals surface area contributed by atoms with Crippen LogP contribution in [-0.2, 0) is 0 Å². The lowest BCUT2D eigenvalue weighted by atomic mass is 10.00. The summed E-state index contributed by atoms with van der Waals surface area (Å²) in [5, 5.41) is 13.6. The second-order valence-electron chi connectivity index (χ2n) is 6.86. The monoisotopic (exact) mass is 372 g/mol. The summed E-state index contributed by atoms with van der Waals surface area (Å²) in [6, 6.07) is 11.4. The number of hydrogen-bond acceptors (Lipinski definition) is 4. The number of nitrogens with zero attached hydrogens (tertiary/aromatic N) is 1. The smallest absolute Gasteiger partial charge is 0.256 e. The SMILES string of the molecule is COc1ccc(O)c(C(C)NC2CCN(C(=O)c3ccccc3F)CC2)c1. The number of piperidine rings is 1. The predicted molar refractivity (Wildman–Crippen MR) is 102 cm³/mol. The van der Waals surface area contributed by atoms with Crippen LogP contribution in [0.3, 0.4) is 0 Å². The van der Waals surface area contributed by atoms with Crippen molar-refractivity contribution in [3.63, 3.8) is 0 Å². The quantitative estimate of drug-likeness (QED) is 0.843. The van der Waals surface area contributed by atoms with Gasteiger partial charge in [-0.15, -0.1) is 0 Å². The van der Waals surface area contributed by atoms with E-state index in [2.05, 4.69) is 5.32 Å². The summed E-state index contributed by atoms with van der Waals surface area (Å²) in [5.41, 5.74) is 0.901. The number of phenolic OH excluding ortho intramolecular Hbond substituents is 1. The van der Waals surface area contributed by atoms with Gasteiger partial charge >= 0.3 is 0 Å². The predicted octanol–water partition coefficient (Wildman–Crippen LogP) is 3.50. The first-order valence-corrected chi connectivity index (χ1v) is 9.16. The maximum Gasteiger partial charge on any atom is 0.256 e. The molecule has 0 radical (unpaired) electrons. The summed E-state index contributed by atoms with van der Waals surface area (Å²) < 4.78 is 19.1. The highest BCUT2D eigenvalue weighted by molar-refractivity contribution is 5.94. The minimum Gasteiger partial charge on any atom is -0.508 e. The molecule has 1 unspecified atom stereocenters. The molecule has 1 atom stereocenters. The molecule has 1 aliphatic heterocycles. The highest BCUT2D eigenvalue weighted by Gasteiger charge is 2.26. The van der Waals surface area contributed by atoms with Gasteiger partial charge in [0.1, 0.15) is 17.3 Å². The topological polar surface area (TPSA) is 61.8 Å². The van der Waals surface area contributed by atoms with Gasteiger partial charge in [0.15, 0.2) is 0 Å². The number of halogens is 1. The number of nitrogens with one attached hydrogen (secondary N) is 1. The molecule has 0 aromatic heterocycles. The fourth-order valence-electron chi connectivity index (χ4n) is 3.50. The molecule has 0 aliphatic carbocycles.